The highest BCUT2D eigenvalue weighted by molar-refractivity contribution is 6.28. The third kappa shape index (κ3) is 3.91. The van der Waals surface area contributed by atoms with E-state index in [9.17, 15) is 18.4 Å². The highest BCUT2D eigenvalue weighted by Crippen LogP contribution is 2.29. The SMILES string of the molecule is CC1=NN(c2cccc(CN)c2)C(=O)C1C(=O)Nc1cccc(C(C)(F)F)c1. The van der Waals surface area contributed by atoms with Crippen molar-refractivity contribution in [1.29, 1.82) is 0 Å². The molecular formula is C20H20F2N4O2. The fraction of sp³-hybridized carbons (Fsp3) is 0.250. The summed E-state index contributed by atoms with van der Waals surface area (Å²) >= 11 is 0. The van der Waals surface area contributed by atoms with E-state index >= 15 is 0 Å². The van der Waals surface area contributed by atoms with Crippen molar-refractivity contribution in [3.8, 4) is 0 Å². The molecule has 0 aliphatic carbocycles. The van der Waals surface area contributed by atoms with Crippen LogP contribution in [0.15, 0.2) is 53.6 Å². The van der Waals surface area contributed by atoms with Gasteiger partial charge in [-0.15, -0.1) is 0 Å². The van der Waals surface area contributed by atoms with E-state index < -0.39 is 23.7 Å². The molecule has 6 nitrogen and oxygen atoms in total. The zero-order valence-corrected chi connectivity index (χ0v) is 15.4. The predicted octanol–water partition coefficient (Wildman–Crippen LogP) is 3.23. The van der Waals surface area contributed by atoms with Gasteiger partial charge in [-0.2, -0.15) is 10.1 Å². The Labute approximate surface area is 161 Å². The van der Waals surface area contributed by atoms with Crippen LogP contribution in [0.5, 0.6) is 0 Å². The van der Waals surface area contributed by atoms with Crippen LogP contribution in [0, 0.1) is 5.92 Å². The predicted molar refractivity (Wildman–Crippen MR) is 103 cm³/mol. The largest absolute Gasteiger partial charge is 0.326 e. The Morgan fingerprint density at radius 2 is 1.96 bits per heavy atom. The summed E-state index contributed by atoms with van der Waals surface area (Å²) in [5.41, 5.74) is 7.24. The van der Waals surface area contributed by atoms with Crippen LogP contribution in [0.25, 0.3) is 0 Å². The summed E-state index contributed by atoms with van der Waals surface area (Å²) in [7, 11) is 0. The monoisotopic (exact) mass is 386 g/mol. The smallest absolute Gasteiger partial charge is 0.270 e. The molecule has 1 unspecified atom stereocenters. The number of nitrogens with two attached hydrogens (primary N) is 1. The fourth-order valence-electron chi connectivity index (χ4n) is 2.95. The maximum absolute atomic E-state index is 13.5. The molecular weight excluding hydrogens is 366 g/mol. The van der Waals surface area contributed by atoms with Crippen LogP contribution < -0.4 is 16.1 Å². The molecule has 1 atom stereocenters. The van der Waals surface area contributed by atoms with Crippen LogP contribution in [0.3, 0.4) is 0 Å². The Kier molecular flexibility index (Phi) is 5.24. The minimum Gasteiger partial charge on any atom is -0.326 e. The number of alkyl halides is 2. The lowest BCUT2D eigenvalue weighted by Gasteiger charge is -2.16. The molecule has 28 heavy (non-hydrogen) atoms. The van der Waals surface area contributed by atoms with Crippen LogP contribution in [0.4, 0.5) is 20.2 Å². The van der Waals surface area contributed by atoms with E-state index in [-0.39, 0.29) is 11.3 Å². The van der Waals surface area contributed by atoms with E-state index in [0.717, 1.165) is 17.5 Å². The maximum Gasteiger partial charge on any atom is 0.270 e. The summed E-state index contributed by atoms with van der Waals surface area (Å²) in [4.78, 5) is 25.4. The van der Waals surface area contributed by atoms with Gasteiger partial charge in [0, 0.05) is 24.7 Å². The van der Waals surface area contributed by atoms with Gasteiger partial charge >= 0.3 is 0 Å². The molecule has 0 radical (unpaired) electrons. The topological polar surface area (TPSA) is 87.8 Å². The first kappa shape index (κ1) is 19.6. The van der Waals surface area contributed by atoms with E-state index in [1.807, 2.05) is 6.07 Å². The number of nitrogens with one attached hydrogen (secondary N) is 1. The third-order valence-corrected chi connectivity index (χ3v) is 4.42. The fourth-order valence-corrected chi connectivity index (χ4v) is 2.95. The summed E-state index contributed by atoms with van der Waals surface area (Å²) in [5, 5.41) is 7.89. The van der Waals surface area contributed by atoms with Crippen molar-refractivity contribution in [1.82, 2.24) is 0 Å². The second-order valence-electron chi connectivity index (χ2n) is 6.66. The van der Waals surface area contributed by atoms with Gasteiger partial charge in [0.05, 0.1) is 11.4 Å². The summed E-state index contributed by atoms with van der Waals surface area (Å²) < 4.78 is 27.0. The lowest BCUT2D eigenvalue weighted by molar-refractivity contribution is -0.127. The number of halogens is 2. The second kappa shape index (κ2) is 7.47. The average molecular weight is 386 g/mol. The number of amides is 2. The molecule has 0 saturated carbocycles. The lowest BCUT2D eigenvalue weighted by Crippen LogP contribution is -2.36. The van der Waals surface area contributed by atoms with Gasteiger partial charge in [-0.1, -0.05) is 24.3 Å². The molecule has 2 amide bonds. The maximum atomic E-state index is 13.5. The van der Waals surface area contributed by atoms with Crippen molar-refractivity contribution in [2.24, 2.45) is 16.8 Å². The van der Waals surface area contributed by atoms with Crippen molar-refractivity contribution < 1.29 is 18.4 Å². The number of hydrogen-bond acceptors (Lipinski definition) is 4. The number of anilines is 2. The average Bonchev–Trinajstić information content (AvgIpc) is 2.95. The standard InChI is InChI=1S/C20H20F2N4O2/c1-12-17(18(27)24-15-7-4-6-14(10-15)20(2,21)22)19(28)26(25-12)16-8-3-5-13(9-16)11-23/h3-10,17H,11,23H2,1-2H3,(H,24,27). The number of carbonyl (C=O) groups excluding carboxylic acids is 2. The Hall–Kier alpha value is -3.13. The molecule has 1 aliphatic rings. The van der Waals surface area contributed by atoms with Crippen LogP contribution in [0.2, 0.25) is 0 Å². The Morgan fingerprint density at radius 1 is 1.25 bits per heavy atom. The molecule has 0 bridgehead atoms. The first-order valence-electron chi connectivity index (χ1n) is 8.68. The normalized spacial score (nSPS) is 16.9. The Balaban J connectivity index is 1.80. The molecule has 1 heterocycles. The van der Waals surface area contributed by atoms with E-state index in [4.69, 9.17) is 5.73 Å². The minimum atomic E-state index is -3.04. The van der Waals surface area contributed by atoms with Crippen molar-refractivity contribution in [2.45, 2.75) is 26.3 Å². The molecule has 2 aromatic rings. The number of nitrogens with zero attached hydrogens (tertiary/aromatic N) is 2. The van der Waals surface area contributed by atoms with Gasteiger partial charge in [0.2, 0.25) is 5.91 Å². The van der Waals surface area contributed by atoms with Crippen molar-refractivity contribution >= 4 is 28.9 Å². The number of hydrazone groups is 1. The van der Waals surface area contributed by atoms with E-state index in [0.29, 0.717) is 17.9 Å². The number of benzene rings is 2. The van der Waals surface area contributed by atoms with Gasteiger partial charge in [-0.25, -0.2) is 8.78 Å². The molecule has 3 N–H and O–H groups in total. The molecule has 8 heteroatoms. The highest BCUT2D eigenvalue weighted by Gasteiger charge is 2.40. The summed E-state index contributed by atoms with van der Waals surface area (Å²) in [6, 6.07) is 12.4. The van der Waals surface area contributed by atoms with Gasteiger partial charge in [0.1, 0.15) is 0 Å². The van der Waals surface area contributed by atoms with Crippen LogP contribution >= 0.6 is 0 Å². The molecule has 3 rings (SSSR count). The quantitative estimate of drug-likeness (QED) is 0.774. The van der Waals surface area contributed by atoms with Crippen molar-refractivity contribution in [3.63, 3.8) is 0 Å². The Morgan fingerprint density at radius 3 is 2.64 bits per heavy atom. The molecule has 1 aliphatic heterocycles. The summed E-state index contributed by atoms with van der Waals surface area (Å²) in [6.07, 6.45) is 0. The molecule has 0 aromatic heterocycles. The molecule has 146 valence electrons. The van der Waals surface area contributed by atoms with Crippen LogP contribution in [0.1, 0.15) is 25.0 Å². The van der Waals surface area contributed by atoms with Crippen molar-refractivity contribution in [2.75, 3.05) is 10.3 Å². The highest BCUT2D eigenvalue weighted by atomic mass is 19.3. The zero-order chi connectivity index (χ0) is 20.5. The molecule has 0 saturated heterocycles. The van der Waals surface area contributed by atoms with Crippen LogP contribution in [-0.2, 0) is 22.1 Å². The second-order valence-corrected chi connectivity index (χ2v) is 6.66. The first-order chi connectivity index (χ1) is 13.2. The van der Waals surface area contributed by atoms with Gasteiger partial charge in [0.25, 0.3) is 11.8 Å². The zero-order valence-electron chi connectivity index (χ0n) is 15.4. The van der Waals surface area contributed by atoms with Gasteiger partial charge < -0.3 is 11.1 Å². The number of hydrogen-bond donors (Lipinski definition) is 2. The summed E-state index contributed by atoms with van der Waals surface area (Å²) in [6.45, 7) is 2.66. The van der Waals surface area contributed by atoms with E-state index in [1.165, 1.54) is 24.3 Å². The van der Waals surface area contributed by atoms with Crippen molar-refractivity contribution in [3.05, 3.63) is 59.7 Å². The lowest BCUT2D eigenvalue weighted by atomic mass is 10.0. The van der Waals surface area contributed by atoms with Gasteiger partial charge in [-0.05, 0) is 36.8 Å². The van der Waals surface area contributed by atoms with Gasteiger partial charge in [0.15, 0.2) is 5.92 Å². The number of carbonyl (C=O) groups is 2. The molecule has 2 aromatic carbocycles. The molecule has 0 spiro atoms. The Bertz CT molecular complexity index is 953. The third-order valence-electron chi connectivity index (χ3n) is 4.42. The van der Waals surface area contributed by atoms with Crippen LogP contribution in [-0.4, -0.2) is 17.5 Å². The summed E-state index contributed by atoms with van der Waals surface area (Å²) in [5.74, 6) is -5.31. The molecule has 0 fully saturated rings. The first-order valence-corrected chi connectivity index (χ1v) is 8.68. The minimum absolute atomic E-state index is 0.188. The van der Waals surface area contributed by atoms with Gasteiger partial charge in [-0.3, -0.25) is 9.59 Å². The number of rotatable bonds is 5. The van der Waals surface area contributed by atoms with E-state index in [1.54, 1.807) is 25.1 Å². The van der Waals surface area contributed by atoms with E-state index in [2.05, 4.69) is 10.4 Å².